The fourth-order valence-electron chi connectivity index (χ4n) is 4.78. The number of allylic oxidation sites excluding steroid dienone is 3. The number of fused-ring (bicyclic) bond motifs is 3. The maximum Gasteiger partial charge on any atom is 0.204 e. The summed E-state index contributed by atoms with van der Waals surface area (Å²) in [6, 6.07) is 0. The van der Waals surface area contributed by atoms with Gasteiger partial charge in [-0.15, -0.1) is 0 Å². The van der Waals surface area contributed by atoms with Crippen molar-refractivity contribution in [3.05, 3.63) is 23.8 Å². The van der Waals surface area contributed by atoms with Crippen molar-refractivity contribution >= 4 is 8.32 Å². The maximum absolute atomic E-state index is 6.63. The molecular formula is C17H28O2Si. The SMILES string of the molecule is CC(C)[Si]1(C(C)C)OC[C@H]2[C@@H]3COC/C3=C/C/C=C\[C@H]21. The van der Waals surface area contributed by atoms with E-state index in [4.69, 9.17) is 9.16 Å². The second kappa shape index (κ2) is 5.43. The maximum atomic E-state index is 6.63. The number of hydrogen-bond acceptors (Lipinski definition) is 2. The zero-order valence-corrected chi connectivity index (χ0v) is 14.3. The second-order valence-corrected chi connectivity index (χ2v) is 12.2. The third-order valence-electron chi connectivity index (χ3n) is 5.73. The van der Waals surface area contributed by atoms with Gasteiger partial charge in [0.2, 0.25) is 8.32 Å². The monoisotopic (exact) mass is 292 g/mol. The zero-order chi connectivity index (χ0) is 14.3. The normalized spacial score (nSPS) is 39.9. The molecule has 3 rings (SSSR count). The summed E-state index contributed by atoms with van der Waals surface area (Å²) in [7, 11) is -1.73. The van der Waals surface area contributed by atoms with Gasteiger partial charge in [0.15, 0.2) is 0 Å². The van der Waals surface area contributed by atoms with Crippen LogP contribution in [0.15, 0.2) is 23.8 Å². The summed E-state index contributed by atoms with van der Waals surface area (Å²) in [5.41, 5.74) is 3.55. The van der Waals surface area contributed by atoms with Crippen LogP contribution < -0.4 is 0 Å². The van der Waals surface area contributed by atoms with E-state index in [0.717, 1.165) is 26.2 Å². The Morgan fingerprint density at radius 3 is 2.60 bits per heavy atom. The lowest BCUT2D eigenvalue weighted by Gasteiger charge is -2.40. The molecule has 2 nitrogen and oxygen atoms in total. The van der Waals surface area contributed by atoms with Gasteiger partial charge in [-0.05, 0) is 29.0 Å². The predicted molar refractivity (Wildman–Crippen MR) is 85.3 cm³/mol. The molecule has 3 aliphatic rings. The van der Waals surface area contributed by atoms with E-state index < -0.39 is 8.32 Å². The van der Waals surface area contributed by atoms with Crippen LogP contribution in [0.2, 0.25) is 16.6 Å². The van der Waals surface area contributed by atoms with E-state index in [1.807, 2.05) is 0 Å². The molecule has 0 unspecified atom stereocenters. The van der Waals surface area contributed by atoms with Crippen molar-refractivity contribution in [3.63, 3.8) is 0 Å². The Labute approximate surface area is 124 Å². The highest BCUT2D eigenvalue weighted by molar-refractivity contribution is 6.78. The molecule has 0 radical (unpaired) electrons. The minimum atomic E-state index is -1.73. The molecule has 0 amide bonds. The summed E-state index contributed by atoms with van der Waals surface area (Å²) in [4.78, 5) is 0. The van der Waals surface area contributed by atoms with Gasteiger partial charge < -0.3 is 9.16 Å². The molecule has 2 fully saturated rings. The van der Waals surface area contributed by atoms with Gasteiger partial charge in [0.25, 0.3) is 0 Å². The Morgan fingerprint density at radius 1 is 1.15 bits per heavy atom. The van der Waals surface area contributed by atoms with Crippen molar-refractivity contribution in [3.8, 4) is 0 Å². The first-order valence-electron chi connectivity index (χ1n) is 8.14. The molecule has 2 heterocycles. The molecule has 112 valence electrons. The topological polar surface area (TPSA) is 18.5 Å². The fourth-order valence-corrected chi connectivity index (χ4v) is 10.4. The number of rotatable bonds is 2. The molecule has 0 spiro atoms. The first-order valence-corrected chi connectivity index (χ1v) is 10.3. The largest absolute Gasteiger partial charge is 0.415 e. The van der Waals surface area contributed by atoms with Crippen molar-refractivity contribution in [1.29, 1.82) is 0 Å². The summed E-state index contributed by atoms with van der Waals surface area (Å²) >= 11 is 0. The molecule has 3 atom stereocenters. The highest BCUT2D eigenvalue weighted by Gasteiger charge is 2.57. The first kappa shape index (κ1) is 14.5. The molecule has 0 bridgehead atoms. The van der Waals surface area contributed by atoms with Gasteiger partial charge in [0, 0.05) is 18.1 Å². The molecule has 2 aliphatic heterocycles. The van der Waals surface area contributed by atoms with Crippen LogP contribution in [-0.4, -0.2) is 28.1 Å². The summed E-state index contributed by atoms with van der Waals surface area (Å²) in [5, 5.41) is 0. The average molecular weight is 292 g/mol. The van der Waals surface area contributed by atoms with Crippen molar-refractivity contribution in [2.75, 3.05) is 19.8 Å². The molecule has 2 saturated heterocycles. The smallest absolute Gasteiger partial charge is 0.204 e. The van der Waals surface area contributed by atoms with Crippen molar-refractivity contribution in [1.82, 2.24) is 0 Å². The quantitative estimate of drug-likeness (QED) is 0.558. The molecule has 0 aromatic rings. The van der Waals surface area contributed by atoms with Gasteiger partial charge in [-0.2, -0.15) is 0 Å². The van der Waals surface area contributed by atoms with E-state index in [-0.39, 0.29) is 0 Å². The predicted octanol–water partition coefficient (Wildman–Crippen LogP) is 4.30. The van der Waals surface area contributed by atoms with Crippen LogP contribution in [-0.2, 0) is 9.16 Å². The van der Waals surface area contributed by atoms with Gasteiger partial charge in [-0.1, -0.05) is 45.9 Å². The molecule has 0 aromatic carbocycles. The van der Waals surface area contributed by atoms with Crippen molar-refractivity contribution in [2.24, 2.45) is 11.8 Å². The molecule has 3 heteroatoms. The van der Waals surface area contributed by atoms with Gasteiger partial charge in [-0.25, -0.2) is 0 Å². The average Bonchev–Trinajstić information content (AvgIpc) is 2.95. The van der Waals surface area contributed by atoms with Gasteiger partial charge in [-0.3, -0.25) is 0 Å². The fraction of sp³-hybridized carbons (Fsp3) is 0.765. The van der Waals surface area contributed by atoms with Crippen LogP contribution in [0.1, 0.15) is 34.1 Å². The summed E-state index contributed by atoms with van der Waals surface area (Å²) in [5.74, 6) is 1.26. The van der Waals surface area contributed by atoms with Crippen LogP contribution in [0, 0.1) is 11.8 Å². The Bertz CT molecular complexity index is 417. The van der Waals surface area contributed by atoms with Gasteiger partial charge in [0.05, 0.1) is 13.2 Å². The Morgan fingerprint density at radius 2 is 1.90 bits per heavy atom. The van der Waals surface area contributed by atoms with E-state index in [1.54, 1.807) is 0 Å². The lowest BCUT2D eigenvalue weighted by atomic mass is 9.84. The molecular weight excluding hydrogens is 264 g/mol. The second-order valence-electron chi connectivity index (χ2n) is 7.23. The van der Waals surface area contributed by atoms with Crippen LogP contribution in [0.25, 0.3) is 0 Å². The highest BCUT2D eigenvalue weighted by Crippen LogP contribution is 2.55. The number of ether oxygens (including phenoxy) is 1. The first-order chi connectivity index (χ1) is 9.57. The third kappa shape index (κ3) is 2.06. The Balaban J connectivity index is 1.99. The summed E-state index contributed by atoms with van der Waals surface area (Å²) in [6.45, 7) is 12.2. The van der Waals surface area contributed by atoms with Crippen LogP contribution >= 0.6 is 0 Å². The summed E-state index contributed by atoms with van der Waals surface area (Å²) < 4.78 is 12.4. The minimum absolute atomic E-state index is 0.608. The Kier molecular flexibility index (Phi) is 3.95. The van der Waals surface area contributed by atoms with Crippen LogP contribution in [0.4, 0.5) is 0 Å². The van der Waals surface area contributed by atoms with Crippen molar-refractivity contribution in [2.45, 2.75) is 50.7 Å². The molecule has 20 heavy (non-hydrogen) atoms. The van der Waals surface area contributed by atoms with E-state index in [9.17, 15) is 0 Å². The highest BCUT2D eigenvalue weighted by atomic mass is 28.4. The standard InChI is InChI=1S/C17H28O2Si/c1-12(2)20(13(3)4)17-8-6-5-7-14-9-18-10-15(14)16(17)11-19-20/h6-8,12-13,15-17H,5,9-11H2,1-4H3/b8-6-,14-7-/t15-,16+,17-/m1/s1. The summed E-state index contributed by atoms with van der Waals surface area (Å²) in [6.07, 6.45) is 8.34. The lowest BCUT2D eigenvalue weighted by molar-refractivity contribution is 0.163. The Hall–Kier alpha value is -0.383. The van der Waals surface area contributed by atoms with Gasteiger partial charge >= 0.3 is 0 Å². The van der Waals surface area contributed by atoms with E-state index in [0.29, 0.717) is 28.5 Å². The molecule has 0 saturated carbocycles. The molecule has 0 N–H and O–H groups in total. The number of hydrogen-bond donors (Lipinski definition) is 0. The van der Waals surface area contributed by atoms with Crippen LogP contribution in [0.3, 0.4) is 0 Å². The van der Waals surface area contributed by atoms with Crippen molar-refractivity contribution < 1.29 is 9.16 Å². The van der Waals surface area contributed by atoms with E-state index >= 15 is 0 Å². The zero-order valence-electron chi connectivity index (χ0n) is 13.3. The van der Waals surface area contributed by atoms with Crippen LogP contribution in [0.5, 0.6) is 0 Å². The molecule has 0 aromatic heterocycles. The van der Waals surface area contributed by atoms with E-state index in [2.05, 4.69) is 45.9 Å². The van der Waals surface area contributed by atoms with Gasteiger partial charge in [0.1, 0.15) is 0 Å². The third-order valence-corrected chi connectivity index (χ3v) is 11.7. The lowest BCUT2D eigenvalue weighted by Crippen LogP contribution is -2.45. The van der Waals surface area contributed by atoms with E-state index in [1.165, 1.54) is 5.57 Å². The molecule has 1 aliphatic carbocycles. The minimum Gasteiger partial charge on any atom is -0.415 e.